The van der Waals surface area contributed by atoms with Gasteiger partial charge < -0.3 is 14.7 Å². The van der Waals surface area contributed by atoms with Crippen LogP contribution in [0.15, 0.2) is 97.1 Å². The molecule has 218 valence electrons. The highest BCUT2D eigenvalue weighted by Crippen LogP contribution is 2.37. The highest BCUT2D eigenvalue weighted by Gasteiger charge is 2.38. The van der Waals surface area contributed by atoms with Crippen molar-refractivity contribution in [3.05, 3.63) is 119 Å². The van der Waals surface area contributed by atoms with Crippen LogP contribution in [0.3, 0.4) is 0 Å². The number of carbonyl (C=O) groups excluding carboxylic acids is 1. The van der Waals surface area contributed by atoms with Crippen molar-refractivity contribution < 1.29 is 19.4 Å². The van der Waals surface area contributed by atoms with Crippen LogP contribution in [0.2, 0.25) is 0 Å². The number of fused-ring (bicyclic) bond motifs is 1. The van der Waals surface area contributed by atoms with Crippen molar-refractivity contribution in [1.29, 1.82) is 0 Å². The number of amides is 1. The summed E-state index contributed by atoms with van der Waals surface area (Å²) in [6, 6.07) is 32.0. The minimum Gasteiger partial charge on any atom is -0.478 e. The fourth-order valence-corrected chi connectivity index (χ4v) is 6.11. The lowest BCUT2D eigenvalue weighted by molar-refractivity contribution is 0.0136. The molecule has 1 heterocycles. The van der Waals surface area contributed by atoms with Crippen LogP contribution < -0.4 is 0 Å². The average Bonchev–Trinajstić information content (AvgIpc) is 3.37. The van der Waals surface area contributed by atoms with Gasteiger partial charge in [-0.3, -0.25) is 4.90 Å². The molecule has 0 radical (unpaired) electrons. The SMILES string of the molecule is C[C@H](c1cccc2ccccc12)N(CC1CN(Cc2ccc(C(=O)O)cc2)CC1c1ccccc1)C(=O)OC(C)(C)C. The second kappa shape index (κ2) is 12.4. The molecule has 1 saturated heterocycles. The Morgan fingerprint density at radius 2 is 1.57 bits per heavy atom. The van der Waals surface area contributed by atoms with Gasteiger partial charge in [0.25, 0.3) is 0 Å². The zero-order valence-corrected chi connectivity index (χ0v) is 24.9. The summed E-state index contributed by atoms with van der Waals surface area (Å²) in [5.74, 6) is -0.515. The van der Waals surface area contributed by atoms with Crippen LogP contribution in [-0.2, 0) is 11.3 Å². The van der Waals surface area contributed by atoms with Gasteiger partial charge in [0.15, 0.2) is 0 Å². The minimum absolute atomic E-state index is 0.177. The van der Waals surface area contributed by atoms with Gasteiger partial charge in [0, 0.05) is 32.1 Å². The highest BCUT2D eigenvalue weighted by molar-refractivity contribution is 5.87. The van der Waals surface area contributed by atoms with Gasteiger partial charge in [-0.1, -0.05) is 84.9 Å². The molecule has 2 unspecified atom stereocenters. The smallest absolute Gasteiger partial charge is 0.410 e. The summed E-state index contributed by atoms with van der Waals surface area (Å²) in [7, 11) is 0. The van der Waals surface area contributed by atoms with E-state index in [1.54, 1.807) is 12.1 Å². The molecule has 0 saturated carbocycles. The standard InChI is InChI=1S/C36H40N2O4/c1-25(31-16-10-14-27-13-8-9-15-32(27)31)38(35(41)42-36(2,3)4)23-30-22-37(24-33(30)28-11-6-5-7-12-28)21-26-17-19-29(20-18-26)34(39)40/h5-20,25,30,33H,21-24H2,1-4H3,(H,39,40)/t25-,30?,33?/m1/s1. The maximum atomic E-state index is 13.8. The Labute approximate surface area is 248 Å². The zero-order valence-electron chi connectivity index (χ0n) is 24.9. The van der Waals surface area contributed by atoms with Gasteiger partial charge >= 0.3 is 12.1 Å². The topological polar surface area (TPSA) is 70.1 Å². The van der Waals surface area contributed by atoms with Crippen molar-refractivity contribution >= 4 is 22.8 Å². The lowest BCUT2D eigenvalue weighted by atomic mass is 9.88. The third-order valence-electron chi connectivity index (χ3n) is 8.15. The molecule has 1 amide bonds. The molecule has 4 aromatic carbocycles. The van der Waals surface area contributed by atoms with Crippen molar-refractivity contribution in [2.75, 3.05) is 19.6 Å². The largest absolute Gasteiger partial charge is 0.478 e. The summed E-state index contributed by atoms with van der Waals surface area (Å²) in [6.45, 7) is 10.7. The van der Waals surface area contributed by atoms with Gasteiger partial charge in [-0.05, 0) is 73.2 Å². The molecule has 0 spiro atoms. The van der Waals surface area contributed by atoms with Crippen LogP contribution in [0.25, 0.3) is 10.8 Å². The molecule has 0 aliphatic carbocycles. The number of carboxylic acids is 1. The van der Waals surface area contributed by atoms with Crippen LogP contribution >= 0.6 is 0 Å². The summed E-state index contributed by atoms with van der Waals surface area (Å²) in [5, 5.41) is 11.6. The summed E-state index contributed by atoms with van der Waals surface area (Å²) in [4.78, 5) is 29.5. The average molecular weight is 565 g/mol. The van der Waals surface area contributed by atoms with E-state index >= 15 is 0 Å². The van der Waals surface area contributed by atoms with E-state index in [2.05, 4.69) is 66.4 Å². The normalized spacial score (nSPS) is 18.1. The Balaban J connectivity index is 1.45. The molecular weight excluding hydrogens is 524 g/mol. The molecule has 0 bridgehead atoms. The summed E-state index contributed by atoms with van der Waals surface area (Å²) < 4.78 is 5.98. The number of aromatic carboxylic acids is 1. The molecule has 6 nitrogen and oxygen atoms in total. The second-order valence-electron chi connectivity index (χ2n) is 12.4. The van der Waals surface area contributed by atoms with Gasteiger partial charge in [0.1, 0.15) is 5.60 Å². The van der Waals surface area contributed by atoms with Crippen LogP contribution in [-0.4, -0.2) is 52.2 Å². The summed E-state index contributed by atoms with van der Waals surface area (Å²) in [5.41, 5.74) is 3.10. The Hall–Kier alpha value is -4.16. The van der Waals surface area contributed by atoms with E-state index in [-0.39, 0.29) is 29.5 Å². The molecule has 42 heavy (non-hydrogen) atoms. The Kier molecular flexibility index (Phi) is 8.64. The minimum atomic E-state index is -0.922. The highest BCUT2D eigenvalue weighted by atomic mass is 16.6. The van der Waals surface area contributed by atoms with E-state index < -0.39 is 11.6 Å². The predicted molar refractivity (Wildman–Crippen MR) is 167 cm³/mol. The van der Waals surface area contributed by atoms with Crippen molar-refractivity contribution in [3.63, 3.8) is 0 Å². The molecule has 3 atom stereocenters. The van der Waals surface area contributed by atoms with Gasteiger partial charge in [-0.15, -0.1) is 0 Å². The fraction of sp³-hybridized carbons (Fsp3) is 0.333. The first-order chi connectivity index (χ1) is 20.1. The summed E-state index contributed by atoms with van der Waals surface area (Å²) >= 11 is 0. The number of carbonyl (C=O) groups is 2. The van der Waals surface area contributed by atoms with Crippen LogP contribution in [0.5, 0.6) is 0 Å². The predicted octanol–water partition coefficient (Wildman–Crippen LogP) is 7.75. The second-order valence-corrected chi connectivity index (χ2v) is 12.4. The Morgan fingerprint density at radius 3 is 2.26 bits per heavy atom. The molecule has 4 aromatic rings. The third kappa shape index (κ3) is 6.82. The van der Waals surface area contributed by atoms with E-state index in [0.717, 1.165) is 35.0 Å². The maximum absolute atomic E-state index is 13.8. The summed E-state index contributed by atoms with van der Waals surface area (Å²) in [6.07, 6.45) is -0.308. The number of ether oxygens (including phenoxy) is 1. The molecular formula is C36H40N2O4. The van der Waals surface area contributed by atoms with E-state index in [0.29, 0.717) is 13.1 Å². The molecule has 1 N–H and O–H groups in total. The first kappa shape index (κ1) is 29.3. The van der Waals surface area contributed by atoms with E-state index in [1.807, 2.05) is 56.0 Å². The maximum Gasteiger partial charge on any atom is 0.410 e. The van der Waals surface area contributed by atoms with Crippen molar-refractivity contribution in [2.24, 2.45) is 5.92 Å². The Morgan fingerprint density at radius 1 is 0.905 bits per heavy atom. The van der Waals surface area contributed by atoms with Crippen molar-refractivity contribution in [1.82, 2.24) is 9.80 Å². The molecule has 1 aliphatic heterocycles. The van der Waals surface area contributed by atoms with E-state index in [9.17, 15) is 14.7 Å². The van der Waals surface area contributed by atoms with Crippen LogP contribution in [0, 0.1) is 5.92 Å². The van der Waals surface area contributed by atoms with Crippen LogP contribution in [0.1, 0.15) is 66.7 Å². The monoisotopic (exact) mass is 564 g/mol. The molecule has 0 aromatic heterocycles. The van der Waals surface area contributed by atoms with Crippen molar-refractivity contribution in [2.45, 2.75) is 51.8 Å². The molecule has 6 heteroatoms. The Bertz CT molecular complexity index is 1520. The number of rotatable bonds is 8. The van der Waals surface area contributed by atoms with Gasteiger partial charge in [-0.2, -0.15) is 0 Å². The molecule has 1 fully saturated rings. The van der Waals surface area contributed by atoms with E-state index in [4.69, 9.17) is 4.74 Å². The number of hydrogen-bond acceptors (Lipinski definition) is 4. The van der Waals surface area contributed by atoms with Gasteiger partial charge in [0.05, 0.1) is 11.6 Å². The molecule has 5 rings (SSSR count). The van der Waals surface area contributed by atoms with Gasteiger partial charge in [-0.25, -0.2) is 9.59 Å². The lowest BCUT2D eigenvalue weighted by Crippen LogP contribution is -2.42. The lowest BCUT2D eigenvalue weighted by Gasteiger charge is -2.35. The van der Waals surface area contributed by atoms with Crippen molar-refractivity contribution in [3.8, 4) is 0 Å². The number of hydrogen-bond donors (Lipinski definition) is 1. The first-order valence-corrected chi connectivity index (χ1v) is 14.7. The number of nitrogens with zero attached hydrogens (tertiary/aromatic N) is 2. The zero-order chi connectivity index (χ0) is 29.9. The first-order valence-electron chi connectivity index (χ1n) is 14.7. The van der Waals surface area contributed by atoms with Crippen LogP contribution in [0.4, 0.5) is 4.79 Å². The quantitative estimate of drug-likeness (QED) is 0.237. The number of likely N-dealkylation sites (tertiary alicyclic amines) is 1. The number of carboxylic acid groups (broad SMARTS) is 1. The third-order valence-corrected chi connectivity index (χ3v) is 8.15. The van der Waals surface area contributed by atoms with E-state index in [1.165, 1.54) is 5.56 Å². The fourth-order valence-electron chi connectivity index (χ4n) is 6.11. The number of benzene rings is 4. The molecule has 1 aliphatic rings. The van der Waals surface area contributed by atoms with Gasteiger partial charge in [0.2, 0.25) is 0 Å².